The highest BCUT2D eigenvalue weighted by Gasteiger charge is 2.26. The highest BCUT2D eigenvalue weighted by atomic mass is 16.5. The summed E-state index contributed by atoms with van der Waals surface area (Å²) in [5.74, 6) is -0.168. The Kier molecular flexibility index (Phi) is 5.80. The summed E-state index contributed by atoms with van der Waals surface area (Å²) in [5.41, 5.74) is 2.47. The van der Waals surface area contributed by atoms with E-state index in [1.54, 1.807) is 13.0 Å². The summed E-state index contributed by atoms with van der Waals surface area (Å²) in [5, 5.41) is 3.03. The lowest BCUT2D eigenvalue weighted by atomic mass is 9.86. The first kappa shape index (κ1) is 17.5. The van der Waals surface area contributed by atoms with Crippen LogP contribution < -0.4 is 5.32 Å². The third-order valence-corrected chi connectivity index (χ3v) is 4.69. The van der Waals surface area contributed by atoms with Crippen LogP contribution in [0, 0.1) is 19.8 Å². The van der Waals surface area contributed by atoms with E-state index in [-0.39, 0.29) is 11.9 Å². The van der Waals surface area contributed by atoms with Crippen molar-refractivity contribution in [3.05, 3.63) is 34.9 Å². The van der Waals surface area contributed by atoms with Crippen molar-refractivity contribution in [1.29, 1.82) is 0 Å². The average Bonchev–Trinajstić information content (AvgIpc) is 2.49. The molecule has 1 aromatic rings. The monoisotopic (exact) mass is 317 g/mol. The average molecular weight is 317 g/mol. The summed E-state index contributed by atoms with van der Waals surface area (Å²) >= 11 is 0. The van der Waals surface area contributed by atoms with Gasteiger partial charge in [0.05, 0.1) is 5.56 Å². The van der Waals surface area contributed by atoms with Crippen molar-refractivity contribution < 1.29 is 14.3 Å². The number of amides is 1. The first-order valence-corrected chi connectivity index (χ1v) is 8.47. The predicted molar refractivity (Wildman–Crippen MR) is 90.4 cm³/mol. The van der Waals surface area contributed by atoms with Gasteiger partial charge in [-0.2, -0.15) is 0 Å². The van der Waals surface area contributed by atoms with Crippen LogP contribution >= 0.6 is 0 Å². The summed E-state index contributed by atoms with van der Waals surface area (Å²) in [6, 6.07) is 5.75. The zero-order valence-corrected chi connectivity index (χ0v) is 14.5. The normalized spacial score (nSPS) is 22.3. The Labute approximate surface area is 138 Å². The van der Waals surface area contributed by atoms with Gasteiger partial charge in [-0.15, -0.1) is 0 Å². The second-order valence-electron chi connectivity index (χ2n) is 6.74. The second-order valence-corrected chi connectivity index (χ2v) is 6.74. The molecule has 2 rings (SSSR count). The summed E-state index contributed by atoms with van der Waals surface area (Å²) in [4.78, 5) is 24.5. The third-order valence-electron chi connectivity index (χ3n) is 4.69. The Hall–Kier alpha value is -1.84. The first-order valence-electron chi connectivity index (χ1n) is 8.47. The quantitative estimate of drug-likeness (QED) is 0.864. The van der Waals surface area contributed by atoms with Crippen LogP contribution in [0.2, 0.25) is 0 Å². The van der Waals surface area contributed by atoms with E-state index in [1.807, 2.05) is 26.0 Å². The molecule has 0 saturated heterocycles. The SMILES string of the molecule is Cc1ccc(C(=O)O[C@H](C)C(=O)N[C@H]2CCCC[C@@H]2C)c(C)c1. The number of hydrogen-bond donors (Lipinski definition) is 1. The van der Waals surface area contributed by atoms with Crippen molar-refractivity contribution in [2.24, 2.45) is 5.92 Å². The number of benzene rings is 1. The van der Waals surface area contributed by atoms with Crippen LogP contribution in [0.15, 0.2) is 18.2 Å². The first-order chi connectivity index (χ1) is 10.9. The predicted octanol–water partition coefficient (Wildman–Crippen LogP) is 3.54. The Morgan fingerprint density at radius 3 is 2.57 bits per heavy atom. The lowest BCUT2D eigenvalue weighted by Gasteiger charge is -2.30. The molecule has 0 radical (unpaired) electrons. The van der Waals surface area contributed by atoms with Crippen LogP contribution in [-0.2, 0) is 9.53 Å². The van der Waals surface area contributed by atoms with Crippen LogP contribution in [0.5, 0.6) is 0 Å². The standard InChI is InChI=1S/C19H27NO3/c1-12-9-10-16(14(3)11-12)19(22)23-15(4)18(21)20-17-8-6-5-7-13(17)2/h9-11,13,15,17H,5-8H2,1-4H3,(H,20,21)/t13-,15+,17-/m0/s1. The lowest BCUT2D eigenvalue weighted by Crippen LogP contribution is -2.46. The molecular formula is C19H27NO3. The highest BCUT2D eigenvalue weighted by Crippen LogP contribution is 2.23. The molecule has 4 heteroatoms. The smallest absolute Gasteiger partial charge is 0.339 e. The van der Waals surface area contributed by atoms with Gasteiger partial charge in [0.2, 0.25) is 0 Å². The number of esters is 1. The van der Waals surface area contributed by atoms with Crippen LogP contribution in [0.4, 0.5) is 0 Å². The van der Waals surface area contributed by atoms with Gasteiger partial charge in [0.25, 0.3) is 5.91 Å². The third kappa shape index (κ3) is 4.57. The topological polar surface area (TPSA) is 55.4 Å². The molecule has 1 N–H and O–H groups in total. The molecule has 4 nitrogen and oxygen atoms in total. The van der Waals surface area contributed by atoms with Crippen molar-refractivity contribution in [3.8, 4) is 0 Å². The Bertz CT molecular complexity index is 582. The van der Waals surface area contributed by atoms with Gasteiger partial charge in [-0.25, -0.2) is 4.79 Å². The number of hydrogen-bond acceptors (Lipinski definition) is 3. The van der Waals surface area contributed by atoms with Crippen LogP contribution in [0.1, 0.15) is 61.0 Å². The molecule has 0 heterocycles. The minimum absolute atomic E-state index is 0.193. The van der Waals surface area contributed by atoms with Crippen molar-refractivity contribution in [2.45, 2.75) is 65.5 Å². The van der Waals surface area contributed by atoms with E-state index in [2.05, 4.69) is 12.2 Å². The van der Waals surface area contributed by atoms with E-state index < -0.39 is 12.1 Å². The number of carbonyl (C=O) groups is 2. The van der Waals surface area contributed by atoms with E-state index in [9.17, 15) is 9.59 Å². The molecule has 126 valence electrons. The number of carbonyl (C=O) groups excluding carboxylic acids is 2. The number of aryl methyl sites for hydroxylation is 2. The fourth-order valence-electron chi connectivity index (χ4n) is 3.15. The van der Waals surface area contributed by atoms with Crippen LogP contribution in [0.25, 0.3) is 0 Å². The largest absolute Gasteiger partial charge is 0.449 e. The molecule has 0 unspecified atom stereocenters. The molecule has 0 bridgehead atoms. The maximum absolute atomic E-state index is 12.3. The molecule has 3 atom stereocenters. The van der Waals surface area contributed by atoms with E-state index in [4.69, 9.17) is 4.74 Å². The van der Waals surface area contributed by atoms with Crippen molar-refractivity contribution in [1.82, 2.24) is 5.32 Å². The molecular weight excluding hydrogens is 290 g/mol. The van der Waals surface area contributed by atoms with Gasteiger partial charge in [0, 0.05) is 6.04 Å². The van der Waals surface area contributed by atoms with Crippen LogP contribution in [0.3, 0.4) is 0 Å². The van der Waals surface area contributed by atoms with E-state index in [1.165, 1.54) is 6.42 Å². The van der Waals surface area contributed by atoms with Crippen LogP contribution in [-0.4, -0.2) is 24.0 Å². The minimum Gasteiger partial charge on any atom is -0.449 e. The number of ether oxygens (including phenoxy) is 1. The summed E-state index contributed by atoms with van der Waals surface area (Å²) in [7, 11) is 0. The molecule has 1 fully saturated rings. The minimum atomic E-state index is -0.780. The molecule has 1 amide bonds. The maximum atomic E-state index is 12.3. The van der Waals surface area contributed by atoms with Gasteiger partial charge >= 0.3 is 5.97 Å². The van der Waals surface area contributed by atoms with E-state index in [0.29, 0.717) is 11.5 Å². The van der Waals surface area contributed by atoms with Gasteiger partial charge in [-0.1, -0.05) is 37.5 Å². The lowest BCUT2D eigenvalue weighted by molar-refractivity contribution is -0.130. The number of rotatable bonds is 4. The van der Waals surface area contributed by atoms with Crippen molar-refractivity contribution >= 4 is 11.9 Å². The highest BCUT2D eigenvalue weighted by molar-refractivity contribution is 5.93. The Morgan fingerprint density at radius 2 is 1.91 bits per heavy atom. The van der Waals surface area contributed by atoms with Gasteiger partial charge in [-0.05, 0) is 51.2 Å². The molecule has 1 saturated carbocycles. The molecule has 0 spiro atoms. The Balaban J connectivity index is 1.93. The van der Waals surface area contributed by atoms with Gasteiger partial charge in [0.15, 0.2) is 6.10 Å². The second kappa shape index (κ2) is 7.62. The van der Waals surface area contributed by atoms with Gasteiger partial charge in [-0.3, -0.25) is 4.79 Å². The maximum Gasteiger partial charge on any atom is 0.339 e. The summed E-state index contributed by atoms with van der Waals surface area (Å²) in [6.45, 7) is 7.64. The fraction of sp³-hybridized carbons (Fsp3) is 0.579. The molecule has 23 heavy (non-hydrogen) atoms. The van der Waals surface area contributed by atoms with Crippen molar-refractivity contribution in [2.75, 3.05) is 0 Å². The molecule has 1 aliphatic rings. The summed E-state index contributed by atoms with van der Waals surface area (Å²) in [6.07, 6.45) is 3.74. The Morgan fingerprint density at radius 1 is 1.22 bits per heavy atom. The molecule has 1 aliphatic carbocycles. The van der Waals surface area contributed by atoms with Gasteiger partial charge in [0.1, 0.15) is 0 Å². The van der Waals surface area contributed by atoms with Gasteiger partial charge < -0.3 is 10.1 Å². The summed E-state index contributed by atoms with van der Waals surface area (Å²) < 4.78 is 5.34. The van der Waals surface area contributed by atoms with Crippen molar-refractivity contribution in [3.63, 3.8) is 0 Å². The van der Waals surface area contributed by atoms with E-state index in [0.717, 1.165) is 30.4 Å². The zero-order valence-electron chi connectivity index (χ0n) is 14.5. The zero-order chi connectivity index (χ0) is 17.0. The fourth-order valence-corrected chi connectivity index (χ4v) is 3.15. The molecule has 0 aliphatic heterocycles. The van der Waals surface area contributed by atoms with E-state index >= 15 is 0 Å². The number of nitrogens with one attached hydrogen (secondary N) is 1. The molecule has 1 aromatic carbocycles. The molecule has 0 aromatic heterocycles.